The molecule has 1 saturated heterocycles. The van der Waals surface area contributed by atoms with E-state index in [9.17, 15) is 18.0 Å². The van der Waals surface area contributed by atoms with Gasteiger partial charge < -0.3 is 14.8 Å². The lowest BCUT2D eigenvalue weighted by atomic mass is 10.2. The van der Waals surface area contributed by atoms with Crippen LogP contribution in [0.4, 0.5) is 0 Å². The Kier molecular flexibility index (Phi) is 5.79. The lowest BCUT2D eigenvalue weighted by Gasteiger charge is -2.18. The summed E-state index contributed by atoms with van der Waals surface area (Å²) in [6.45, 7) is 0.448. The molecule has 1 aromatic rings. The summed E-state index contributed by atoms with van der Waals surface area (Å²) < 4.78 is 36.8. The molecule has 0 spiro atoms. The molecule has 0 saturated carbocycles. The Hall–Kier alpha value is -2.13. The van der Waals surface area contributed by atoms with Crippen LogP contribution in [0, 0.1) is 0 Å². The molecule has 0 aliphatic carbocycles. The molecule has 1 aliphatic rings. The number of carbonyl (C=O) groups excluding carboxylic acids is 2. The van der Waals surface area contributed by atoms with Crippen molar-refractivity contribution in [3.63, 3.8) is 0 Å². The summed E-state index contributed by atoms with van der Waals surface area (Å²) in [5.74, 6) is -1.08. The van der Waals surface area contributed by atoms with E-state index in [0.717, 1.165) is 12.8 Å². The van der Waals surface area contributed by atoms with Crippen molar-refractivity contribution in [3.05, 3.63) is 23.8 Å². The number of likely N-dealkylation sites (N-methyl/N-ethyl adjacent to an activating group) is 1. The van der Waals surface area contributed by atoms with Crippen molar-refractivity contribution < 1.29 is 27.5 Å². The normalized spacial score (nSPS) is 15.1. The van der Waals surface area contributed by atoms with E-state index in [0.29, 0.717) is 13.1 Å². The second-order valence-corrected chi connectivity index (χ2v) is 7.13. The Bertz CT molecular complexity index is 725. The van der Waals surface area contributed by atoms with Crippen molar-refractivity contribution in [2.45, 2.75) is 17.7 Å². The van der Waals surface area contributed by atoms with Gasteiger partial charge in [-0.15, -0.1) is 0 Å². The Balaban J connectivity index is 2.30. The molecule has 2 rings (SSSR count). The van der Waals surface area contributed by atoms with E-state index in [2.05, 4.69) is 5.32 Å². The van der Waals surface area contributed by atoms with Gasteiger partial charge in [0.05, 0.1) is 12.7 Å². The van der Waals surface area contributed by atoms with E-state index in [1.807, 2.05) is 0 Å². The zero-order valence-electron chi connectivity index (χ0n) is 13.6. The maximum absolute atomic E-state index is 12.7. The van der Waals surface area contributed by atoms with Crippen LogP contribution in [0.1, 0.15) is 23.2 Å². The van der Waals surface area contributed by atoms with E-state index < -0.39 is 28.5 Å². The summed E-state index contributed by atoms with van der Waals surface area (Å²) >= 11 is 0. The molecule has 0 atom stereocenters. The van der Waals surface area contributed by atoms with Gasteiger partial charge in [-0.05, 0) is 31.0 Å². The van der Waals surface area contributed by atoms with Crippen molar-refractivity contribution in [1.29, 1.82) is 0 Å². The zero-order valence-corrected chi connectivity index (χ0v) is 14.4. The minimum atomic E-state index is -3.75. The van der Waals surface area contributed by atoms with Crippen molar-refractivity contribution in [2.24, 2.45) is 0 Å². The SMILES string of the molecule is CNC(=O)COC(=O)c1ccc(OC)c(S(=O)(=O)N2CCCC2)c1. The molecule has 0 bridgehead atoms. The number of benzene rings is 1. The van der Waals surface area contributed by atoms with Crippen molar-refractivity contribution in [2.75, 3.05) is 33.9 Å². The smallest absolute Gasteiger partial charge is 0.338 e. The fraction of sp³-hybridized carbons (Fsp3) is 0.467. The molecule has 9 heteroatoms. The number of carbonyl (C=O) groups is 2. The summed E-state index contributed by atoms with van der Waals surface area (Å²) in [4.78, 5) is 23.1. The summed E-state index contributed by atoms with van der Waals surface area (Å²) in [6, 6.07) is 4.02. The quantitative estimate of drug-likeness (QED) is 0.740. The molecule has 24 heavy (non-hydrogen) atoms. The van der Waals surface area contributed by atoms with Gasteiger partial charge in [0.15, 0.2) is 6.61 Å². The largest absolute Gasteiger partial charge is 0.495 e. The summed E-state index contributed by atoms with van der Waals surface area (Å²) in [6.07, 6.45) is 1.60. The van der Waals surface area contributed by atoms with Gasteiger partial charge in [0.25, 0.3) is 5.91 Å². The molecular formula is C15H20N2O6S. The number of methoxy groups -OCH3 is 1. The highest BCUT2D eigenvalue weighted by molar-refractivity contribution is 7.89. The monoisotopic (exact) mass is 356 g/mol. The van der Waals surface area contributed by atoms with Gasteiger partial charge in [-0.2, -0.15) is 4.31 Å². The predicted octanol–water partition coefficient (Wildman–Crippen LogP) is 0.382. The third-order valence-corrected chi connectivity index (χ3v) is 5.62. The Labute approximate surface area is 140 Å². The third kappa shape index (κ3) is 3.85. The first kappa shape index (κ1) is 18.2. The standard InChI is InChI=1S/C15H20N2O6S/c1-16-14(18)10-23-15(19)11-5-6-12(22-2)13(9-11)24(20,21)17-7-3-4-8-17/h5-6,9H,3-4,7-8,10H2,1-2H3,(H,16,18). The molecule has 1 amide bonds. The van der Waals surface area contributed by atoms with Gasteiger partial charge in [0.1, 0.15) is 10.6 Å². The number of amides is 1. The first-order valence-electron chi connectivity index (χ1n) is 7.46. The molecule has 1 heterocycles. The van der Waals surface area contributed by atoms with Crippen LogP contribution in [0.2, 0.25) is 0 Å². The molecule has 0 unspecified atom stereocenters. The summed E-state index contributed by atoms with van der Waals surface area (Å²) in [7, 11) is -0.968. The second-order valence-electron chi connectivity index (χ2n) is 5.23. The van der Waals surface area contributed by atoms with Crippen molar-refractivity contribution >= 4 is 21.9 Å². The van der Waals surface area contributed by atoms with Gasteiger partial charge >= 0.3 is 5.97 Å². The fourth-order valence-corrected chi connectivity index (χ4v) is 4.06. The zero-order chi connectivity index (χ0) is 17.7. The van der Waals surface area contributed by atoms with E-state index in [1.54, 1.807) is 0 Å². The van der Waals surface area contributed by atoms with Crippen LogP contribution in [0.15, 0.2) is 23.1 Å². The minimum absolute atomic E-state index is 0.0393. The fourth-order valence-electron chi connectivity index (χ4n) is 2.36. The number of sulfonamides is 1. The maximum Gasteiger partial charge on any atom is 0.338 e. The highest BCUT2D eigenvalue weighted by Gasteiger charge is 2.30. The van der Waals surface area contributed by atoms with Crippen LogP contribution in [-0.2, 0) is 19.6 Å². The number of nitrogens with zero attached hydrogens (tertiary/aromatic N) is 1. The van der Waals surface area contributed by atoms with Gasteiger partial charge in [0.2, 0.25) is 10.0 Å². The molecule has 1 aromatic carbocycles. The number of hydrogen-bond donors (Lipinski definition) is 1. The topological polar surface area (TPSA) is 102 Å². The summed E-state index contributed by atoms with van der Waals surface area (Å²) in [5, 5.41) is 2.32. The highest BCUT2D eigenvalue weighted by Crippen LogP contribution is 2.30. The molecule has 1 aliphatic heterocycles. The number of rotatable bonds is 6. The highest BCUT2D eigenvalue weighted by atomic mass is 32.2. The molecule has 8 nitrogen and oxygen atoms in total. The van der Waals surface area contributed by atoms with Gasteiger partial charge in [-0.3, -0.25) is 4.79 Å². The second kappa shape index (κ2) is 7.63. The average molecular weight is 356 g/mol. The first-order chi connectivity index (χ1) is 11.4. The lowest BCUT2D eigenvalue weighted by Crippen LogP contribution is -2.28. The van der Waals surface area contributed by atoms with E-state index in [4.69, 9.17) is 9.47 Å². The number of ether oxygens (including phenoxy) is 2. The molecular weight excluding hydrogens is 336 g/mol. The first-order valence-corrected chi connectivity index (χ1v) is 8.90. The Morgan fingerprint density at radius 3 is 2.50 bits per heavy atom. The minimum Gasteiger partial charge on any atom is -0.495 e. The Morgan fingerprint density at radius 1 is 1.25 bits per heavy atom. The van der Waals surface area contributed by atoms with E-state index >= 15 is 0 Å². The van der Waals surface area contributed by atoms with Crippen LogP contribution in [0.25, 0.3) is 0 Å². The molecule has 0 radical (unpaired) electrons. The average Bonchev–Trinajstić information content (AvgIpc) is 3.14. The molecule has 0 aromatic heterocycles. The van der Waals surface area contributed by atoms with E-state index in [1.165, 1.54) is 36.7 Å². The lowest BCUT2D eigenvalue weighted by molar-refractivity contribution is -0.123. The van der Waals surface area contributed by atoms with Gasteiger partial charge in [-0.25, -0.2) is 13.2 Å². The van der Waals surface area contributed by atoms with E-state index in [-0.39, 0.29) is 16.2 Å². The number of nitrogens with one attached hydrogen (secondary N) is 1. The van der Waals surface area contributed by atoms with Gasteiger partial charge in [0, 0.05) is 20.1 Å². The number of esters is 1. The molecule has 1 fully saturated rings. The van der Waals surface area contributed by atoms with Crippen LogP contribution >= 0.6 is 0 Å². The van der Waals surface area contributed by atoms with Crippen molar-refractivity contribution in [1.82, 2.24) is 9.62 Å². The Morgan fingerprint density at radius 2 is 1.92 bits per heavy atom. The predicted molar refractivity (Wildman–Crippen MR) is 85.3 cm³/mol. The van der Waals surface area contributed by atoms with Crippen molar-refractivity contribution in [3.8, 4) is 5.75 Å². The van der Waals surface area contributed by atoms with Crippen LogP contribution in [0.3, 0.4) is 0 Å². The van der Waals surface area contributed by atoms with Crippen LogP contribution in [0.5, 0.6) is 5.75 Å². The van der Waals surface area contributed by atoms with Gasteiger partial charge in [-0.1, -0.05) is 0 Å². The van der Waals surface area contributed by atoms with Crippen LogP contribution in [-0.4, -0.2) is 58.5 Å². The maximum atomic E-state index is 12.7. The summed E-state index contributed by atoms with van der Waals surface area (Å²) in [5.41, 5.74) is 0.0393. The number of hydrogen-bond acceptors (Lipinski definition) is 6. The molecule has 1 N–H and O–H groups in total. The third-order valence-electron chi connectivity index (χ3n) is 3.70. The molecule has 132 valence electrons. The van der Waals surface area contributed by atoms with Crippen LogP contribution < -0.4 is 10.1 Å².